The molecular weight excluding hydrogens is 358 g/mol. The minimum atomic E-state index is -0.805. The van der Waals surface area contributed by atoms with Gasteiger partial charge in [0.05, 0.1) is 0 Å². The highest BCUT2D eigenvalue weighted by Crippen LogP contribution is 2.38. The van der Waals surface area contributed by atoms with E-state index in [0.717, 1.165) is 13.0 Å². The summed E-state index contributed by atoms with van der Waals surface area (Å²) in [7, 11) is 0. The van der Waals surface area contributed by atoms with E-state index < -0.39 is 11.6 Å². The van der Waals surface area contributed by atoms with Gasteiger partial charge < -0.3 is 10.2 Å². The Morgan fingerprint density at radius 3 is 2.74 bits per heavy atom. The predicted octanol–water partition coefficient (Wildman–Crippen LogP) is 2.95. The van der Waals surface area contributed by atoms with Crippen molar-refractivity contribution in [2.24, 2.45) is 0 Å². The third-order valence-electron chi connectivity index (χ3n) is 5.94. The van der Waals surface area contributed by atoms with Crippen molar-refractivity contribution in [1.82, 2.24) is 15.1 Å². The average Bonchev–Trinajstić information content (AvgIpc) is 3.03. The van der Waals surface area contributed by atoms with Crippen LogP contribution in [0.25, 0.3) is 10.1 Å². The molecule has 27 heavy (non-hydrogen) atoms. The number of amides is 2. The molecule has 144 valence electrons. The Balaban J connectivity index is 1.63. The maximum Gasteiger partial charge on any atom is 0.248 e. The topological polar surface area (TPSA) is 52.6 Å². The molecule has 1 aromatic carbocycles. The van der Waals surface area contributed by atoms with Crippen LogP contribution in [0.15, 0.2) is 24.3 Å². The summed E-state index contributed by atoms with van der Waals surface area (Å²) in [4.78, 5) is 30.9. The molecule has 5 nitrogen and oxygen atoms in total. The van der Waals surface area contributed by atoms with E-state index >= 15 is 0 Å². The monoisotopic (exact) mass is 385 g/mol. The molecule has 2 atom stereocenters. The number of rotatable bonds is 3. The second-order valence-corrected chi connectivity index (χ2v) is 9.22. The van der Waals surface area contributed by atoms with E-state index in [1.165, 1.54) is 20.5 Å². The van der Waals surface area contributed by atoms with Crippen molar-refractivity contribution in [2.75, 3.05) is 19.6 Å². The molecule has 2 aliphatic heterocycles. The van der Waals surface area contributed by atoms with Crippen LogP contribution in [0.2, 0.25) is 0 Å². The zero-order valence-corrected chi connectivity index (χ0v) is 17.2. The Morgan fingerprint density at radius 2 is 2.00 bits per heavy atom. The summed E-state index contributed by atoms with van der Waals surface area (Å²) in [6.45, 7) is 9.98. The third-order valence-corrected chi connectivity index (χ3v) is 7.27. The molecule has 2 amide bonds. The number of hydrogen-bond acceptors (Lipinski definition) is 4. The third kappa shape index (κ3) is 2.95. The van der Waals surface area contributed by atoms with Gasteiger partial charge >= 0.3 is 0 Å². The number of benzene rings is 1. The molecule has 1 N–H and O–H groups in total. The van der Waals surface area contributed by atoms with Gasteiger partial charge in [-0.1, -0.05) is 25.1 Å². The molecular formula is C21H27N3O2S. The zero-order chi connectivity index (χ0) is 19.3. The summed E-state index contributed by atoms with van der Waals surface area (Å²) in [5.74, 6) is -0.0166. The second kappa shape index (κ2) is 6.60. The fraction of sp³-hybridized carbons (Fsp3) is 0.524. The smallest absolute Gasteiger partial charge is 0.248 e. The van der Waals surface area contributed by atoms with Crippen molar-refractivity contribution < 1.29 is 9.59 Å². The average molecular weight is 386 g/mol. The summed E-state index contributed by atoms with van der Waals surface area (Å²) < 4.78 is 1.32. The van der Waals surface area contributed by atoms with Gasteiger partial charge in [0.1, 0.15) is 11.6 Å². The fourth-order valence-electron chi connectivity index (χ4n) is 4.45. The first kappa shape index (κ1) is 18.4. The van der Waals surface area contributed by atoms with Gasteiger partial charge in [0.15, 0.2) is 0 Å². The summed E-state index contributed by atoms with van der Waals surface area (Å²) in [5.41, 5.74) is 0.578. The van der Waals surface area contributed by atoms with E-state index in [1.54, 1.807) is 18.7 Å². The normalized spacial score (nSPS) is 24.0. The SMILES string of the molecule is CCc1sc2ccccc2c1C(C)N1CCN2C(=O)C(C)(C)NC(=O)C2C1. The number of aryl methyl sites for hydroxylation is 1. The number of hydrogen-bond donors (Lipinski definition) is 1. The van der Waals surface area contributed by atoms with E-state index in [0.29, 0.717) is 13.1 Å². The fourth-order valence-corrected chi connectivity index (χ4v) is 5.68. The van der Waals surface area contributed by atoms with Crippen LogP contribution in [-0.4, -0.2) is 52.8 Å². The number of fused-ring (bicyclic) bond motifs is 2. The molecule has 0 saturated carbocycles. The Kier molecular flexibility index (Phi) is 4.51. The molecule has 1 aromatic heterocycles. The summed E-state index contributed by atoms with van der Waals surface area (Å²) >= 11 is 1.87. The van der Waals surface area contributed by atoms with Gasteiger partial charge in [-0.15, -0.1) is 11.3 Å². The molecule has 4 rings (SSSR count). The van der Waals surface area contributed by atoms with E-state index in [-0.39, 0.29) is 17.9 Å². The van der Waals surface area contributed by atoms with Crippen molar-refractivity contribution in [1.29, 1.82) is 0 Å². The molecule has 2 aromatic rings. The summed E-state index contributed by atoms with van der Waals surface area (Å²) in [6, 6.07) is 8.39. The Hall–Kier alpha value is -1.92. The number of carbonyl (C=O) groups is 2. The van der Waals surface area contributed by atoms with Crippen molar-refractivity contribution in [3.8, 4) is 0 Å². The lowest BCUT2D eigenvalue weighted by molar-refractivity contribution is -0.157. The van der Waals surface area contributed by atoms with E-state index in [4.69, 9.17) is 0 Å². The number of nitrogens with one attached hydrogen (secondary N) is 1. The lowest BCUT2D eigenvalue weighted by Gasteiger charge is -2.49. The Morgan fingerprint density at radius 1 is 1.26 bits per heavy atom. The summed E-state index contributed by atoms with van der Waals surface area (Å²) in [6.07, 6.45) is 1.01. The first-order chi connectivity index (χ1) is 12.8. The van der Waals surface area contributed by atoms with Gasteiger partial charge in [0.25, 0.3) is 0 Å². The highest BCUT2D eigenvalue weighted by atomic mass is 32.1. The zero-order valence-electron chi connectivity index (χ0n) is 16.4. The number of carbonyl (C=O) groups excluding carboxylic acids is 2. The highest BCUT2D eigenvalue weighted by molar-refractivity contribution is 7.19. The van der Waals surface area contributed by atoms with Crippen LogP contribution >= 0.6 is 11.3 Å². The standard InChI is InChI=1S/C21H27N3O2S/c1-5-16-18(14-8-6-7-9-17(14)27-16)13(2)23-10-11-24-15(12-23)19(25)22-21(3,4)20(24)26/h6-9,13,15H,5,10-12H2,1-4H3,(H,22,25). The van der Waals surface area contributed by atoms with Gasteiger partial charge in [0, 0.05) is 35.3 Å². The first-order valence-electron chi connectivity index (χ1n) is 9.71. The van der Waals surface area contributed by atoms with Crippen LogP contribution < -0.4 is 5.32 Å². The van der Waals surface area contributed by atoms with Crippen LogP contribution in [0.4, 0.5) is 0 Å². The second-order valence-electron chi connectivity index (χ2n) is 8.09. The van der Waals surface area contributed by atoms with Gasteiger partial charge in [0.2, 0.25) is 11.8 Å². The maximum atomic E-state index is 12.7. The lowest BCUT2D eigenvalue weighted by Crippen LogP contribution is -2.72. The lowest BCUT2D eigenvalue weighted by atomic mass is 9.94. The largest absolute Gasteiger partial charge is 0.340 e. The Labute approximate surface area is 164 Å². The predicted molar refractivity (Wildman–Crippen MR) is 109 cm³/mol. The summed E-state index contributed by atoms with van der Waals surface area (Å²) in [5, 5.41) is 4.22. The molecule has 0 radical (unpaired) electrons. The molecule has 0 aliphatic carbocycles. The maximum absolute atomic E-state index is 12.7. The molecule has 0 bridgehead atoms. The minimum Gasteiger partial charge on any atom is -0.340 e. The van der Waals surface area contributed by atoms with E-state index in [9.17, 15) is 9.59 Å². The molecule has 6 heteroatoms. The molecule has 2 unspecified atom stereocenters. The number of thiophene rings is 1. The quantitative estimate of drug-likeness (QED) is 0.884. The van der Waals surface area contributed by atoms with Crippen LogP contribution in [0.3, 0.4) is 0 Å². The van der Waals surface area contributed by atoms with Crippen LogP contribution in [-0.2, 0) is 16.0 Å². The molecule has 0 spiro atoms. The van der Waals surface area contributed by atoms with Gasteiger partial charge in [-0.25, -0.2) is 0 Å². The van der Waals surface area contributed by atoms with Gasteiger partial charge in [-0.2, -0.15) is 0 Å². The first-order valence-corrected chi connectivity index (χ1v) is 10.5. The number of piperazine rings is 2. The molecule has 3 heterocycles. The van der Waals surface area contributed by atoms with Crippen molar-refractivity contribution in [2.45, 2.75) is 51.7 Å². The van der Waals surface area contributed by atoms with Gasteiger partial charge in [-0.05, 0) is 44.2 Å². The van der Waals surface area contributed by atoms with Crippen LogP contribution in [0.1, 0.15) is 44.2 Å². The van der Waals surface area contributed by atoms with Crippen molar-refractivity contribution in [3.05, 3.63) is 34.7 Å². The number of nitrogens with zero attached hydrogens (tertiary/aromatic N) is 2. The van der Waals surface area contributed by atoms with Crippen LogP contribution in [0, 0.1) is 0 Å². The van der Waals surface area contributed by atoms with Gasteiger partial charge in [-0.3, -0.25) is 14.5 Å². The molecule has 2 fully saturated rings. The molecule has 2 saturated heterocycles. The minimum absolute atomic E-state index is 0.0228. The highest BCUT2D eigenvalue weighted by Gasteiger charge is 2.47. The van der Waals surface area contributed by atoms with E-state index in [2.05, 4.69) is 48.3 Å². The van der Waals surface area contributed by atoms with Crippen molar-refractivity contribution >= 4 is 33.2 Å². The Bertz CT molecular complexity index is 904. The van der Waals surface area contributed by atoms with Crippen molar-refractivity contribution in [3.63, 3.8) is 0 Å². The van der Waals surface area contributed by atoms with E-state index in [1.807, 2.05) is 11.3 Å². The van der Waals surface area contributed by atoms with Crippen LogP contribution in [0.5, 0.6) is 0 Å². The molecule has 2 aliphatic rings.